The van der Waals surface area contributed by atoms with Gasteiger partial charge in [-0.2, -0.15) is 10.2 Å². The van der Waals surface area contributed by atoms with Crippen LogP contribution >= 0.6 is 11.6 Å². The molecule has 164 valence electrons. The highest BCUT2D eigenvalue weighted by molar-refractivity contribution is 7.95. The first kappa shape index (κ1) is 22.2. The maximum Gasteiger partial charge on any atom is 0.269 e. The van der Waals surface area contributed by atoms with E-state index in [1.54, 1.807) is 18.2 Å². The fourth-order valence-corrected chi connectivity index (χ4v) is 4.22. The van der Waals surface area contributed by atoms with Gasteiger partial charge < -0.3 is 4.74 Å². The highest BCUT2D eigenvalue weighted by Crippen LogP contribution is 2.28. The van der Waals surface area contributed by atoms with Crippen molar-refractivity contribution in [3.8, 4) is 17.7 Å². The van der Waals surface area contributed by atoms with Crippen LogP contribution in [0.25, 0.3) is 11.7 Å². The smallest absolute Gasteiger partial charge is 0.269 e. The van der Waals surface area contributed by atoms with Crippen LogP contribution < -0.4 is 10.3 Å². The van der Waals surface area contributed by atoms with Crippen molar-refractivity contribution in [1.82, 2.24) is 9.38 Å². The lowest BCUT2D eigenvalue weighted by atomic mass is 10.2. The van der Waals surface area contributed by atoms with Gasteiger partial charge in [-0.15, -0.1) is 0 Å². The minimum Gasteiger partial charge on any atom is -0.435 e. The molecular formula is C23H13ClFN3O4S. The Morgan fingerprint density at radius 3 is 2.48 bits per heavy atom. The Morgan fingerprint density at radius 1 is 1.09 bits per heavy atom. The molecular weight excluding hydrogens is 469 g/mol. The van der Waals surface area contributed by atoms with Crippen molar-refractivity contribution >= 4 is 33.2 Å². The number of fused-ring (bicyclic) bond motifs is 1. The van der Waals surface area contributed by atoms with Crippen molar-refractivity contribution in [2.75, 3.05) is 0 Å². The number of hydrogen-bond donors (Lipinski definition) is 0. The lowest BCUT2D eigenvalue weighted by Crippen LogP contribution is -2.19. The van der Waals surface area contributed by atoms with Gasteiger partial charge in [0.25, 0.3) is 5.56 Å². The lowest BCUT2D eigenvalue weighted by molar-refractivity contribution is 0.426. The summed E-state index contributed by atoms with van der Waals surface area (Å²) in [4.78, 5) is 16.5. The topological polar surface area (TPSA) is 102 Å². The molecule has 0 atom stereocenters. The maximum absolute atomic E-state index is 14.2. The monoisotopic (exact) mass is 481 g/mol. The minimum absolute atomic E-state index is 0.185. The number of aromatic nitrogens is 2. The van der Waals surface area contributed by atoms with Crippen LogP contribution in [0.2, 0.25) is 5.02 Å². The number of allylic oxidation sites excluding steroid dienone is 1. The summed E-state index contributed by atoms with van der Waals surface area (Å²) in [5.74, 6) is -1.29. The molecule has 2 aromatic heterocycles. The van der Waals surface area contributed by atoms with Crippen molar-refractivity contribution in [3.05, 3.63) is 105 Å². The first-order chi connectivity index (χ1) is 15.8. The van der Waals surface area contributed by atoms with Gasteiger partial charge in [0.2, 0.25) is 15.7 Å². The predicted octanol–water partition coefficient (Wildman–Crippen LogP) is 4.62. The molecule has 10 heteroatoms. The van der Waals surface area contributed by atoms with Gasteiger partial charge in [-0.1, -0.05) is 29.8 Å². The number of sulfone groups is 1. The van der Waals surface area contributed by atoms with Crippen LogP contribution in [0.4, 0.5) is 4.39 Å². The van der Waals surface area contributed by atoms with Gasteiger partial charge in [-0.3, -0.25) is 9.20 Å². The number of benzene rings is 2. The van der Waals surface area contributed by atoms with E-state index in [0.29, 0.717) is 5.02 Å². The van der Waals surface area contributed by atoms with E-state index < -0.39 is 26.1 Å². The van der Waals surface area contributed by atoms with Crippen LogP contribution in [-0.2, 0) is 9.84 Å². The summed E-state index contributed by atoms with van der Waals surface area (Å²) in [6.45, 7) is 0. The van der Waals surface area contributed by atoms with E-state index in [9.17, 15) is 22.9 Å². The van der Waals surface area contributed by atoms with E-state index in [4.69, 9.17) is 16.3 Å². The zero-order valence-electron chi connectivity index (χ0n) is 16.6. The van der Waals surface area contributed by atoms with Gasteiger partial charge in [0.1, 0.15) is 22.2 Å². The molecule has 0 saturated carbocycles. The minimum atomic E-state index is -4.30. The summed E-state index contributed by atoms with van der Waals surface area (Å²) < 4.78 is 46.9. The zero-order chi connectivity index (χ0) is 23.6. The fourth-order valence-electron chi connectivity index (χ4n) is 2.96. The molecule has 0 aliphatic carbocycles. The van der Waals surface area contributed by atoms with Crippen LogP contribution in [-0.4, -0.2) is 17.8 Å². The Morgan fingerprint density at radius 2 is 1.79 bits per heavy atom. The SMILES string of the molecule is N#CC(=Cc1c(Oc2ccccc2F)nc2ccccn2c1=O)S(=O)(=O)c1ccc(Cl)cc1. The van der Waals surface area contributed by atoms with Gasteiger partial charge in [-0.05, 0) is 54.6 Å². The molecule has 0 radical (unpaired) electrons. The Bertz CT molecular complexity index is 1610. The second kappa shape index (κ2) is 8.86. The molecule has 0 aliphatic rings. The maximum atomic E-state index is 14.2. The second-order valence-corrected chi connectivity index (χ2v) is 9.03. The van der Waals surface area contributed by atoms with Crippen molar-refractivity contribution in [3.63, 3.8) is 0 Å². The van der Waals surface area contributed by atoms with Gasteiger partial charge in [0.15, 0.2) is 11.6 Å². The molecule has 2 aromatic carbocycles. The first-order valence-corrected chi connectivity index (χ1v) is 11.2. The average Bonchev–Trinajstić information content (AvgIpc) is 2.80. The summed E-state index contributed by atoms with van der Waals surface area (Å²) in [5, 5.41) is 9.93. The number of pyridine rings is 1. The molecule has 0 spiro atoms. The highest BCUT2D eigenvalue weighted by Gasteiger charge is 2.24. The molecule has 7 nitrogen and oxygen atoms in total. The summed E-state index contributed by atoms with van der Waals surface area (Å²) >= 11 is 5.82. The Hall–Kier alpha value is -4.00. The quantitative estimate of drug-likeness (QED) is 0.385. The van der Waals surface area contributed by atoms with Crippen LogP contribution in [0.3, 0.4) is 0 Å². The molecule has 0 amide bonds. The third kappa shape index (κ3) is 4.35. The Balaban J connectivity index is 1.95. The van der Waals surface area contributed by atoms with Crippen molar-refractivity contribution in [2.45, 2.75) is 4.90 Å². The lowest BCUT2D eigenvalue weighted by Gasteiger charge is -2.11. The Kier molecular flexibility index (Phi) is 5.96. The molecule has 33 heavy (non-hydrogen) atoms. The van der Waals surface area contributed by atoms with Gasteiger partial charge in [-0.25, -0.2) is 12.8 Å². The summed E-state index contributed by atoms with van der Waals surface area (Å²) in [6, 6.07) is 17.0. The van der Waals surface area contributed by atoms with Gasteiger partial charge >= 0.3 is 0 Å². The molecule has 0 bridgehead atoms. The normalized spacial score (nSPS) is 11.8. The molecule has 0 unspecified atom stereocenters. The highest BCUT2D eigenvalue weighted by atomic mass is 35.5. The van der Waals surface area contributed by atoms with E-state index in [1.165, 1.54) is 54.7 Å². The van der Waals surface area contributed by atoms with Crippen LogP contribution in [0.1, 0.15) is 5.56 Å². The van der Waals surface area contributed by atoms with Crippen molar-refractivity contribution in [2.24, 2.45) is 0 Å². The summed E-state index contributed by atoms with van der Waals surface area (Å²) in [5.41, 5.74) is -0.855. The molecule has 0 aliphatic heterocycles. The van der Waals surface area contributed by atoms with E-state index in [2.05, 4.69) is 4.98 Å². The number of nitriles is 1. The van der Waals surface area contributed by atoms with E-state index in [1.807, 2.05) is 0 Å². The molecule has 2 heterocycles. The third-order valence-corrected chi connectivity index (χ3v) is 6.51. The molecule has 4 rings (SSSR count). The predicted molar refractivity (Wildman–Crippen MR) is 120 cm³/mol. The Labute approximate surface area is 192 Å². The largest absolute Gasteiger partial charge is 0.435 e. The molecule has 0 fully saturated rings. The first-order valence-electron chi connectivity index (χ1n) is 9.37. The van der Waals surface area contributed by atoms with E-state index in [0.717, 1.165) is 16.5 Å². The number of rotatable bonds is 5. The van der Waals surface area contributed by atoms with Gasteiger partial charge in [0, 0.05) is 11.2 Å². The number of nitrogens with zero attached hydrogens (tertiary/aromatic N) is 3. The molecule has 0 saturated heterocycles. The van der Waals surface area contributed by atoms with E-state index >= 15 is 0 Å². The number of ether oxygens (including phenoxy) is 1. The van der Waals surface area contributed by atoms with Crippen LogP contribution in [0, 0.1) is 17.1 Å². The van der Waals surface area contributed by atoms with Gasteiger partial charge in [0.05, 0.1) is 4.90 Å². The second-order valence-electron chi connectivity index (χ2n) is 6.67. The fraction of sp³-hybridized carbons (Fsp3) is 0. The summed E-state index contributed by atoms with van der Waals surface area (Å²) in [7, 11) is -4.30. The zero-order valence-corrected chi connectivity index (χ0v) is 18.2. The number of halogens is 2. The standard InChI is InChI=1S/C23H13ClFN3O4S/c24-15-8-10-16(11-9-15)33(30,31)17(14-26)13-18-22(32-20-6-2-1-5-19(20)25)27-21-7-3-4-12-28(21)23(18)29/h1-13H. The average molecular weight is 482 g/mol. The number of hydrogen-bond acceptors (Lipinski definition) is 6. The van der Waals surface area contributed by atoms with Crippen molar-refractivity contribution in [1.29, 1.82) is 5.26 Å². The van der Waals surface area contributed by atoms with Crippen LogP contribution in [0.15, 0.2) is 87.5 Å². The van der Waals surface area contributed by atoms with E-state index in [-0.39, 0.29) is 27.7 Å². The van der Waals surface area contributed by atoms with Crippen LogP contribution in [0.5, 0.6) is 11.6 Å². The number of para-hydroxylation sites is 1. The third-order valence-electron chi connectivity index (χ3n) is 4.58. The van der Waals surface area contributed by atoms with Crippen molar-refractivity contribution < 1.29 is 17.5 Å². The summed E-state index contributed by atoms with van der Waals surface area (Å²) in [6.07, 6.45) is 2.30. The molecule has 4 aromatic rings. The molecule has 0 N–H and O–H groups in total.